The van der Waals surface area contributed by atoms with Crippen LogP contribution in [0.15, 0.2) is 24.3 Å². The van der Waals surface area contributed by atoms with E-state index in [2.05, 4.69) is 31.3 Å². The Morgan fingerprint density at radius 3 is 2.47 bits per heavy atom. The largest absolute Gasteiger partial charge is 0.497 e. The van der Waals surface area contributed by atoms with Gasteiger partial charge in [0.2, 0.25) is 0 Å². The normalized spacial score (nSPS) is 18.1. The van der Waals surface area contributed by atoms with Crippen molar-refractivity contribution in [3.63, 3.8) is 0 Å². The third-order valence-corrected chi connectivity index (χ3v) is 4.03. The van der Waals surface area contributed by atoms with Gasteiger partial charge >= 0.3 is 0 Å². The van der Waals surface area contributed by atoms with Crippen LogP contribution < -0.4 is 10.1 Å². The summed E-state index contributed by atoms with van der Waals surface area (Å²) in [5.74, 6) is 1.94. The van der Waals surface area contributed by atoms with Crippen molar-refractivity contribution < 1.29 is 4.74 Å². The number of rotatable bonds is 8. The molecule has 1 aliphatic carbocycles. The van der Waals surface area contributed by atoms with Crippen molar-refractivity contribution in [2.75, 3.05) is 7.11 Å². The van der Waals surface area contributed by atoms with Gasteiger partial charge in [-0.2, -0.15) is 0 Å². The lowest BCUT2D eigenvalue weighted by atomic mass is 10.0. The first kappa shape index (κ1) is 14.4. The van der Waals surface area contributed by atoms with Crippen molar-refractivity contribution in [2.24, 2.45) is 5.92 Å². The summed E-state index contributed by atoms with van der Waals surface area (Å²) in [6.45, 7) is 4.58. The first-order chi connectivity index (χ1) is 9.21. The maximum Gasteiger partial charge on any atom is 0.118 e. The van der Waals surface area contributed by atoms with Gasteiger partial charge in [-0.3, -0.25) is 0 Å². The van der Waals surface area contributed by atoms with E-state index in [0.717, 1.165) is 18.1 Å². The molecule has 1 N–H and O–H groups in total. The van der Waals surface area contributed by atoms with Crippen LogP contribution in [0.3, 0.4) is 0 Å². The lowest BCUT2D eigenvalue weighted by molar-refractivity contribution is 0.396. The molecule has 1 aromatic carbocycles. The summed E-state index contributed by atoms with van der Waals surface area (Å²) >= 11 is 0. The molecule has 2 atom stereocenters. The molecule has 1 aromatic rings. The Bertz CT molecular complexity index is 369. The molecular weight excluding hydrogens is 234 g/mol. The molecule has 0 radical (unpaired) electrons. The smallest absolute Gasteiger partial charge is 0.118 e. The van der Waals surface area contributed by atoms with Crippen molar-refractivity contribution in [1.82, 2.24) is 5.32 Å². The van der Waals surface area contributed by atoms with Gasteiger partial charge in [-0.25, -0.2) is 0 Å². The van der Waals surface area contributed by atoms with Gasteiger partial charge < -0.3 is 10.1 Å². The molecule has 0 aliphatic heterocycles. The fraction of sp³-hybridized carbons (Fsp3) is 0.647. The second kappa shape index (κ2) is 6.95. The maximum absolute atomic E-state index is 5.19. The third-order valence-electron chi connectivity index (χ3n) is 4.03. The number of methoxy groups -OCH3 is 1. The minimum absolute atomic E-state index is 0.539. The Morgan fingerprint density at radius 1 is 1.26 bits per heavy atom. The summed E-state index contributed by atoms with van der Waals surface area (Å²) in [5, 5.41) is 3.78. The fourth-order valence-electron chi connectivity index (χ4n) is 2.68. The van der Waals surface area contributed by atoms with Gasteiger partial charge in [0.05, 0.1) is 7.11 Å². The van der Waals surface area contributed by atoms with E-state index in [4.69, 9.17) is 4.74 Å². The van der Waals surface area contributed by atoms with Crippen molar-refractivity contribution in [3.05, 3.63) is 29.8 Å². The molecule has 0 bridgehead atoms. The average Bonchev–Trinajstić information content (AvgIpc) is 3.22. The van der Waals surface area contributed by atoms with Crippen LogP contribution in [-0.4, -0.2) is 19.2 Å². The van der Waals surface area contributed by atoms with E-state index in [9.17, 15) is 0 Å². The van der Waals surface area contributed by atoms with Gasteiger partial charge in [-0.05, 0) is 49.8 Å². The molecule has 1 saturated carbocycles. The Labute approximate surface area is 117 Å². The highest BCUT2D eigenvalue weighted by atomic mass is 16.5. The van der Waals surface area contributed by atoms with Crippen molar-refractivity contribution in [1.29, 1.82) is 0 Å². The van der Waals surface area contributed by atoms with E-state index in [0.29, 0.717) is 12.1 Å². The second-order valence-electron chi connectivity index (χ2n) is 5.90. The standard InChI is InChI=1S/C17H27NO/c1-4-16(12-15-5-6-15)18-13(2)11-14-7-9-17(19-3)10-8-14/h7-10,13,15-16,18H,4-6,11-12H2,1-3H3. The summed E-state index contributed by atoms with van der Waals surface area (Å²) in [6, 6.07) is 9.66. The van der Waals surface area contributed by atoms with Gasteiger partial charge in [-0.15, -0.1) is 0 Å². The SMILES string of the molecule is CCC(CC1CC1)NC(C)Cc1ccc(OC)cc1. The fourth-order valence-corrected chi connectivity index (χ4v) is 2.68. The van der Waals surface area contributed by atoms with E-state index in [-0.39, 0.29) is 0 Å². The number of benzene rings is 1. The number of nitrogens with one attached hydrogen (secondary N) is 1. The topological polar surface area (TPSA) is 21.3 Å². The number of ether oxygens (including phenoxy) is 1. The van der Waals surface area contributed by atoms with Crippen LogP contribution in [0, 0.1) is 5.92 Å². The van der Waals surface area contributed by atoms with E-state index < -0.39 is 0 Å². The maximum atomic E-state index is 5.19. The van der Waals surface area contributed by atoms with Crippen LogP contribution in [0.4, 0.5) is 0 Å². The minimum Gasteiger partial charge on any atom is -0.497 e. The quantitative estimate of drug-likeness (QED) is 0.768. The predicted octanol–water partition coefficient (Wildman–Crippen LogP) is 3.79. The highest BCUT2D eigenvalue weighted by molar-refractivity contribution is 5.27. The molecule has 19 heavy (non-hydrogen) atoms. The molecule has 0 spiro atoms. The molecule has 1 aliphatic rings. The number of hydrogen-bond donors (Lipinski definition) is 1. The Morgan fingerprint density at radius 2 is 1.95 bits per heavy atom. The second-order valence-corrected chi connectivity index (χ2v) is 5.90. The predicted molar refractivity (Wildman–Crippen MR) is 80.7 cm³/mol. The van der Waals surface area contributed by atoms with Crippen molar-refractivity contribution in [3.8, 4) is 5.75 Å². The summed E-state index contributed by atoms with van der Waals surface area (Å²) in [7, 11) is 1.71. The zero-order valence-corrected chi connectivity index (χ0v) is 12.5. The summed E-state index contributed by atoms with van der Waals surface area (Å²) in [4.78, 5) is 0. The van der Waals surface area contributed by atoms with E-state index in [1.165, 1.54) is 31.2 Å². The highest BCUT2D eigenvalue weighted by Crippen LogP contribution is 2.34. The molecule has 1 fully saturated rings. The van der Waals surface area contributed by atoms with Crippen LogP contribution in [0.5, 0.6) is 5.75 Å². The van der Waals surface area contributed by atoms with Crippen LogP contribution in [0.1, 0.15) is 45.1 Å². The van der Waals surface area contributed by atoms with Crippen LogP contribution >= 0.6 is 0 Å². The third kappa shape index (κ3) is 4.87. The van der Waals surface area contributed by atoms with Gasteiger partial charge in [0.15, 0.2) is 0 Å². The first-order valence-corrected chi connectivity index (χ1v) is 7.60. The van der Waals surface area contributed by atoms with Crippen molar-refractivity contribution in [2.45, 2.75) is 58.0 Å². The molecular formula is C17H27NO. The van der Waals surface area contributed by atoms with Crippen LogP contribution in [-0.2, 0) is 6.42 Å². The molecule has 0 aromatic heterocycles. The highest BCUT2D eigenvalue weighted by Gasteiger charge is 2.25. The summed E-state index contributed by atoms with van der Waals surface area (Å²) in [6.07, 6.45) is 6.59. The van der Waals surface area contributed by atoms with E-state index >= 15 is 0 Å². The lowest BCUT2D eigenvalue weighted by Gasteiger charge is -2.22. The Balaban J connectivity index is 1.79. The monoisotopic (exact) mass is 261 g/mol. The molecule has 2 nitrogen and oxygen atoms in total. The molecule has 0 saturated heterocycles. The van der Waals surface area contributed by atoms with Gasteiger partial charge in [-0.1, -0.05) is 31.9 Å². The van der Waals surface area contributed by atoms with Gasteiger partial charge in [0.1, 0.15) is 5.75 Å². The van der Waals surface area contributed by atoms with Crippen molar-refractivity contribution >= 4 is 0 Å². The molecule has 2 unspecified atom stereocenters. The molecule has 0 amide bonds. The van der Waals surface area contributed by atoms with E-state index in [1.807, 2.05) is 12.1 Å². The molecule has 106 valence electrons. The molecule has 2 rings (SSSR count). The summed E-state index contributed by atoms with van der Waals surface area (Å²) < 4.78 is 5.19. The van der Waals surface area contributed by atoms with E-state index in [1.54, 1.807) is 7.11 Å². The number of hydrogen-bond acceptors (Lipinski definition) is 2. The average molecular weight is 261 g/mol. The Kier molecular flexibility index (Phi) is 5.26. The molecule has 2 heteroatoms. The minimum atomic E-state index is 0.539. The summed E-state index contributed by atoms with van der Waals surface area (Å²) in [5.41, 5.74) is 1.38. The lowest BCUT2D eigenvalue weighted by Crippen LogP contribution is -2.37. The zero-order valence-electron chi connectivity index (χ0n) is 12.5. The van der Waals surface area contributed by atoms with Crippen LogP contribution in [0.2, 0.25) is 0 Å². The van der Waals surface area contributed by atoms with Crippen LogP contribution in [0.25, 0.3) is 0 Å². The first-order valence-electron chi connectivity index (χ1n) is 7.60. The van der Waals surface area contributed by atoms with Gasteiger partial charge in [0.25, 0.3) is 0 Å². The Hall–Kier alpha value is -1.02. The molecule has 0 heterocycles. The zero-order chi connectivity index (χ0) is 13.7. The van der Waals surface area contributed by atoms with Gasteiger partial charge in [0, 0.05) is 12.1 Å².